The van der Waals surface area contributed by atoms with Crippen LogP contribution in [0.5, 0.6) is 0 Å². The molecule has 1 aliphatic rings. The molecule has 1 heterocycles. The molecule has 0 radical (unpaired) electrons. The summed E-state index contributed by atoms with van der Waals surface area (Å²) in [4.78, 5) is 19.2. The molecule has 4 rings (SSSR count). The van der Waals surface area contributed by atoms with Crippen LogP contribution >= 0.6 is 11.6 Å². The van der Waals surface area contributed by atoms with Gasteiger partial charge in [-0.2, -0.15) is 4.98 Å². The van der Waals surface area contributed by atoms with Crippen LogP contribution in [0.15, 0.2) is 53.1 Å². The molecule has 1 aromatic heterocycles. The van der Waals surface area contributed by atoms with Gasteiger partial charge in [0.15, 0.2) is 0 Å². The second-order valence-corrected chi connectivity index (χ2v) is 7.69. The summed E-state index contributed by atoms with van der Waals surface area (Å²) in [5, 5.41) is 4.67. The number of carbonyl (C=O) groups is 1. The topological polar surface area (TPSA) is 59.2 Å². The SMILES string of the molecule is Cc1ccc(CN(C(=O)CCc2nc(-c3ccc(Cl)cc3)no2)C2CC2)cc1. The standard InChI is InChI=1S/C22H22ClN3O2/c1-15-2-4-16(5-3-15)14-26(19-10-11-19)21(27)13-12-20-24-22(25-28-20)17-6-8-18(23)9-7-17/h2-9,19H,10-14H2,1H3. The number of halogens is 1. The molecular formula is C22H22ClN3O2. The van der Waals surface area contributed by atoms with Crippen molar-refractivity contribution < 1.29 is 9.32 Å². The molecule has 0 unspecified atom stereocenters. The Bertz CT molecular complexity index is 947. The number of hydrogen-bond donors (Lipinski definition) is 0. The zero-order chi connectivity index (χ0) is 19.5. The number of aryl methyl sites for hydroxylation is 2. The first-order chi connectivity index (χ1) is 13.6. The molecule has 2 aromatic carbocycles. The smallest absolute Gasteiger partial charge is 0.227 e. The molecule has 6 heteroatoms. The van der Waals surface area contributed by atoms with Gasteiger partial charge in [-0.3, -0.25) is 4.79 Å². The molecule has 0 atom stereocenters. The van der Waals surface area contributed by atoms with Crippen LogP contribution in [-0.4, -0.2) is 27.0 Å². The maximum absolute atomic E-state index is 12.8. The second-order valence-electron chi connectivity index (χ2n) is 7.26. The van der Waals surface area contributed by atoms with Gasteiger partial charge in [0.1, 0.15) is 0 Å². The molecule has 0 bridgehead atoms. The van der Waals surface area contributed by atoms with Gasteiger partial charge in [0.2, 0.25) is 17.6 Å². The number of aromatic nitrogens is 2. The lowest BCUT2D eigenvalue weighted by atomic mass is 10.1. The Balaban J connectivity index is 1.37. The fourth-order valence-electron chi connectivity index (χ4n) is 3.13. The van der Waals surface area contributed by atoms with Gasteiger partial charge in [0.05, 0.1) is 0 Å². The van der Waals surface area contributed by atoms with Gasteiger partial charge in [-0.1, -0.05) is 46.6 Å². The highest BCUT2D eigenvalue weighted by atomic mass is 35.5. The molecule has 0 saturated heterocycles. The minimum absolute atomic E-state index is 0.134. The Morgan fingerprint density at radius 1 is 1.14 bits per heavy atom. The summed E-state index contributed by atoms with van der Waals surface area (Å²) in [5.74, 6) is 1.12. The van der Waals surface area contributed by atoms with E-state index in [9.17, 15) is 4.79 Å². The molecule has 0 aliphatic heterocycles. The van der Waals surface area contributed by atoms with Gasteiger partial charge in [-0.15, -0.1) is 0 Å². The summed E-state index contributed by atoms with van der Waals surface area (Å²) in [6, 6.07) is 16.0. The van der Waals surface area contributed by atoms with Crippen molar-refractivity contribution in [3.8, 4) is 11.4 Å². The van der Waals surface area contributed by atoms with Crippen LogP contribution in [0, 0.1) is 6.92 Å². The molecule has 1 fully saturated rings. The molecule has 144 valence electrons. The van der Waals surface area contributed by atoms with Crippen molar-refractivity contribution in [1.29, 1.82) is 0 Å². The van der Waals surface area contributed by atoms with Crippen molar-refractivity contribution >= 4 is 17.5 Å². The minimum Gasteiger partial charge on any atom is -0.339 e. The largest absolute Gasteiger partial charge is 0.339 e. The highest BCUT2D eigenvalue weighted by Crippen LogP contribution is 2.29. The Hall–Kier alpha value is -2.66. The molecule has 1 saturated carbocycles. The zero-order valence-electron chi connectivity index (χ0n) is 15.8. The van der Waals surface area contributed by atoms with Gasteiger partial charge in [-0.05, 0) is 49.6 Å². The van der Waals surface area contributed by atoms with Crippen molar-refractivity contribution in [3.63, 3.8) is 0 Å². The van der Waals surface area contributed by atoms with Crippen LogP contribution in [0.3, 0.4) is 0 Å². The van der Waals surface area contributed by atoms with E-state index in [-0.39, 0.29) is 5.91 Å². The lowest BCUT2D eigenvalue weighted by Crippen LogP contribution is -2.32. The summed E-state index contributed by atoms with van der Waals surface area (Å²) in [6.07, 6.45) is 2.97. The van der Waals surface area contributed by atoms with E-state index in [1.54, 1.807) is 12.1 Å². The average Bonchev–Trinajstić information content (AvgIpc) is 3.43. The Morgan fingerprint density at radius 3 is 2.54 bits per heavy atom. The van der Waals surface area contributed by atoms with E-state index in [0.717, 1.165) is 24.0 Å². The number of rotatable bonds is 7. The minimum atomic E-state index is 0.134. The number of amides is 1. The third-order valence-corrected chi connectivity index (χ3v) is 5.16. The fourth-order valence-corrected chi connectivity index (χ4v) is 3.25. The summed E-state index contributed by atoms with van der Waals surface area (Å²) in [5.41, 5.74) is 3.22. The highest BCUT2D eigenvalue weighted by Gasteiger charge is 2.32. The monoisotopic (exact) mass is 395 g/mol. The van der Waals surface area contributed by atoms with Crippen molar-refractivity contribution in [2.45, 2.75) is 45.2 Å². The number of nitrogens with zero attached hydrogens (tertiary/aromatic N) is 3. The number of hydrogen-bond acceptors (Lipinski definition) is 4. The Kier molecular flexibility index (Phi) is 5.44. The van der Waals surface area contributed by atoms with Gasteiger partial charge in [0, 0.05) is 36.0 Å². The van der Waals surface area contributed by atoms with Gasteiger partial charge >= 0.3 is 0 Å². The maximum atomic E-state index is 12.8. The molecule has 28 heavy (non-hydrogen) atoms. The third-order valence-electron chi connectivity index (χ3n) is 4.90. The van der Waals surface area contributed by atoms with Crippen LogP contribution in [0.4, 0.5) is 0 Å². The van der Waals surface area contributed by atoms with Crippen LogP contribution < -0.4 is 0 Å². The predicted molar refractivity (Wildman–Crippen MR) is 108 cm³/mol. The van der Waals surface area contributed by atoms with E-state index in [1.807, 2.05) is 17.0 Å². The first-order valence-electron chi connectivity index (χ1n) is 9.52. The predicted octanol–water partition coefficient (Wildman–Crippen LogP) is 4.82. The summed E-state index contributed by atoms with van der Waals surface area (Å²) in [6.45, 7) is 2.72. The van der Waals surface area contributed by atoms with E-state index in [0.29, 0.717) is 42.2 Å². The normalized spacial score (nSPS) is 13.5. The lowest BCUT2D eigenvalue weighted by molar-refractivity contribution is -0.132. The quantitative estimate of drug-likeness (QED) is 0.575. The van der Waals surface area contributed by atoms with Crippen LogP contribution in [0.1, 0.15) is 36.3 Å². The van der Waals surface area contributed by atoms with E-state index in [2.05, 4.69) is 41.3 Å². The molecular weight excluding hydrogens is 374 g/mol. The molecule has 3 aromatic rings. The summed E-state index contributed by atoms with van der Waals surface area (Å²) in [7, 11) is 0. The van der Waals surface area contributed by atoms with E-state index >= 15 is 0 Å². The van der Waals surface area contributed by atoms with E-state index in [4.69, 9.17) is 16.1 Å². The maximum Gasteiger partial charge on any atom is 0.227 e. The lowest BCUT2D eigenvalue weighted by Gasteiger charge is -2.22. The molecule has 1 amide bonds. The number of benzene rings is 2. The molecule has 0 spiro atoms. The second kappa shape index (κ2) is 8.15. The Morgan fingerprint density at radius 2 is 1.86 bits per heavy atom. The number of carbonyl (C=O) groups excluding carboxylic acids is 1. The average molecular weight is 396 g/mol. The molecule has 5 nitrogen and oxygen atoms in total. The van der Waals surface area contributed by atoms with Crippen LogP contribution in [-0.2, 0) is 17.8 Å². The van der Waals surface area contributed by atoms with Crippen molar-refractivity contribution in [1.82, 2.24) is 15.0 Å². The molecule has 1 aliphatic carbocycles. The Labute approximate surface area is 169 Å². The van der Waals surface area contributed by atoms with Crippen LogP contribution in [0.25, 0.3) is 11.4 Å². The van der Waals surface area contributed by atoms with Gasteiger partial charge < -0.3 is 9.42 Å². The first kappa shape index (κ1) is 18.7. The first-order valence-corrected chi connectivity index (χ1v) is 9.90. The third kappa shape index (κ3) is 4.60. The van der Waals surface area contributed by atoms with Gasteiger partial charge in [0.25, 0.3) is 0 Å². The fraction of sp³-hybridized carbons (Fsp3) is 0.318. The van der Waals surface area contributed by atoms with E-state index < -0.39 is 0 Å². The summed E-state index contributed by atoms with van der Waals surface area (Å²) < 4.78 is 5.32. The van der Waals surface area contributed by atoms with Crippen molar-refractivity contribution in [3.05, 3.63) is 70.6 Å². The van der Waals surface area contributed by atoms with Crippen molar-refractivity contribution in [2.24, 2.45) is 0 Å². The highest BCUT2D eigenvalue weighted by molar-refractivity contribution is 6.30. The van der Waals surface area contributed by atoms with Crippen LogP contribution in [0.2, 0.25) is 5.02 Å². The molecule has 0 N–H and O–H groups in total. The van der Waals surface area contributed by atoms with Crippen molar-refractivity contribution in [2.75, 3.05) is 0 Å². The zero-order valence-corrected chi connectivity index (χ0v) is 16.5. The van der Waals surface area contributed by atoms with Gasteiger partial charge in [-0.25, -0.2) is 0 Å². The summed E-state index contributed by atoms with van der Waals surface area (Å²) >= 11 is 5.91. The van der Waals surface area contributed by atoms with E-state index in [1.165, 1.54) is 5.56 Å².